The van der Waals surface area contributed by atoms with E-state index in [2.05, 4.69) is 4.85 Å². The molecule has 0 aliphatic heterocycles. The molecule has 0 saturated carbocycles. The lowest BCUT2D eigenvalue weighted by Crippen LogP contribution is -2.21. The summed E-state index contributed by atoms with van der Waals surface area (Å²) in [5, 5.41) is 10.2. The Labute approximate surface area is 185 Å². The Balaban J connectivity index is 2.39. The highest BCUT2D eigenvalue weighted by molar-refractivity contribution is 7.92. The fourth-order valence-electron chi connectivity index (χ4n) is 3.61. The van der Waals surface area contributed by atoms with Gasteiger partial charge in [0.1, 0.15) is 5.75 Å². The van der Waals surface area contributed by atoms with Crippen molar-refractivity contribution in [1.82, 2.24) is 0 Å². The maximum atomic E-state index is 12.9. The summed E-state index contributed by atoms with van der Waals surface area (Å²) >= 11 is 0. The van der Waals surface area contributed by atoms with Gasteiger partial charge in [-0.05, 0) is 48.9 Å². The molecule has 0 unspecified atom stereocenters. The Hall–Kier alpha value is -2.49. The van der Waals surface area contributed by atoms with Crippen molar-refractivity contribution in [2.75, 3.05) is 5.75 Å². The molecular weight excluding hydrogens is 410 g/mol. The number of carbonyl (C=O) groups excluding carboxylic acids is 1. The first-order valence-electron chi connectivity index (χ1n) is 10.4. The predicted octanol–water partition coefficient (Wildman–Crippen LogP) is 5.30. The van der Waals surface area contributed by atoms with Crippen LogP contribution in [0.1, 0.15) is 75.6 Å². The van der Waals surface area contributed by atoms with Crippen LogP contribution in [-0.2, 0) is 26.7 Å². The third-order valence-electron chi connectivity index (χ3n) is 5.30. The van der Waals surface area contributed by atoms with Gasteiger partial charge in [-0.15, -0.1) is 0 Å². The van der Waals surface area contributed by atoms with Crippen LogP contribution in [0.4, 0.5) is 5.69 Å². The maximum Gasteiger partial charge on any atom is 0.187 e. The molecule has 0 heterocycles. The van der Waals surface area contributed by atoms with Crippen LogP contribution in [0.2, 0.25) is 0 Å². The summed E-state index contributed by atoms with van der Waals surface area (Å²) in [6.45, 7) is 18.5. The van der Waals surface area contributed by atoms with E-state index in [1.165, 1.54) is 12.1 Å². The van der Waals surface area contributed by atoms with Gasteiger partial charge in [0.05, 0.1) is 17.1 Å². The van der Waals surface area contributed by atoms with E-state index in [1.54, 1.807) is 38.1 Å². The van der Waals surface area contributed by atoms with E-state index in [0.29, 0.717) is 11.3 Å². The summed E-state index contributed by atoms with van der Waals surface area (Å²) in [5.74, 6) is -0.806. The molecule has 0 fully saturated rings. The Morgan fingerprint density at radius 2 is 1.61 bits per heavy atom. The van der Waals surface area contributed by atoms with Crippen LogP contribution in [0.15, 0.2) is 41.3 Å². The first-order chi connectivity index (χ1) is 14.3. The van der Waals surface area contributed by atoms with Crippen molar-refractivity contribution in [3.8, 4) is 0 Å². The number of hydrogen-bond acceptors (Lipinski definition) is 4. The fraction of sp³-hybridized carbons (Fsp3) is 0.440. The van der Waals surface area contributed by atoms with Gasteiger partial charge >= 0.3 is 0 Å². The number of carbonyl (C=O) groups is 1. The van der Waals surface area contributed by atoms with E-state index in [4.69, 9.17) is 6.57 Å². The van der Waals surface area contributed by atoms with Gasteiger partial charge in [0.25, 0.3) is 0 Å². The molecule has 0 atom stereocenters. The number of benzene rings is 2. The lowest BCUT2D eigenvalue weighted by molar-refractivity contribution is -0.116. The van der Waals surface area contributed by atoms with Crippen LogP contribution in [0, 0.1) is 6.57 Å². The van der Waals surface area contributed by atoms with Crippen LogP contribution in [0.3, 0.4) is 0 Å². The third-order valence-corrected chi connectivity index (χ3v) is 6.98. The SMILES string of the molecule is [C-]#[N+]c1cc(C(C)C)c(CC(=O)CS(=O)(=O)c2cccc(C(C)(C)O)c2)c(C(C)C)c1. The van der Waals surface area contributed by atoms with Gasteiger partial charge in [-0.2, -0.15) is 0 Å². The van der Waals surface area contributed by atoms with E-state index >= 15 is 0 Å². The summed E-state index contributed by atoms with van der Waals surface area (Å²) in [7, 11) is -3.85. The van der Waals surface area contributed by atoms with E-state index in [9.17, 15) is 18.3 Å². The largest absolute Gasteiger partial charge is 0.386 e. The molecule has 2 aromatic rings. The van der Waals surface area contributed by atoms with E-state index < -0.39 is 27.0 Å². The van der Waals surface area contributed by atoms with Crippen LogP contribution in [-0.4, -0.2) is 25.1 Å². The first-order valence-corrected chi connectivity index (χ1v) is 12.0. The quantitative estimate of drug-likeness (QED) is 0.564. The van der Waals surface area contributed by atoms with Crippen LogP contribution >= 0.6 is 0 Å². The Morgan fingerprint density at radius 3 is 2.06 bits per heavy atom. The minimum atomic E-state index is -3.85. The third kappa shape index (κ3) is 6.03. The Morgan fingerprint density at radius 1 is 1.06 bits per heavy atom. The first kappa shape index (κ1) is 24.8. The smallest absolute Gasteiger partial charge is 0.187 e. The van der Waals surface area contributed by atoms with Gasteiger partial charge in [-0.1, -0.05) is 63.1 Å². The molecule has 0 saturated heterocycles. The van der Waals surface area contributed by atoms with Crippen molar-refractivity contribution in [1.29, 1.82) is 0 Å². The average molecular weight is 442 g/mol. The van der Waals surface area contributed by atoms with Crippen LogP contribution in [0.5, 0.6) is 0 Å². The van der Waals surface area contributed by atoms with Crippen LogP contribution < -0.4 is 0 Å². The van der Waals surface area contributed by atoms with Gasteiger partial charge in [0.2, 0.25) is 0 Å². The molecule has 2 aromatic carbocycles. The summed E-state index contributed by atoms with van der Waals surface area (Å²) in [6.07, 6.45) is 0.00369. The average Bonchev–Trinajstić information content (AvgIpc) is 2.66. The standard InChI is InChI=1S/C25H31NO4S/c1-16(2)22-12-19(26-7)13-23(17(3)4)24(22)14-20(27)15-31(29,30)21-10-8-9-18(11-21)25(5,6)28/h8-13,16-17,28H,14-15H2,1-6H3. The number of rotatable bonds is 8. The molecule has 6 heteroatoms. The highest BCUT2D eigenvalue weighted by Gasteiger charge is 2.25. The second-order valence-corrected chi connectivity index (χ2v) is 11.1. The molecule has 0 aromatic heterocycles. The maximum absolute atomic E-state index is 12.9. The molecule has 0 spiro atoms. The molecule has 0 radical (unpaired) electrons. The lowest BCUT2D eigenvalue weighted by Gasteiger charge is -2.20. The molecule has 5 nitrogen and oxygen atoms in total. The molecule has 0 bridgehead atoms. The summed E-state index contributed by atoms with van der Waals surface area (Å²) in [6, 6.07) is 9.69. The van der Waals surface area contributed by atoms with E-state index in [1.807, 2.05) is 27.7 Å². The van der Waals surface area contributed by atoms with Crippen molar-refractivity contribution < 1.29 is 18.3 Å². The zero-order valence-corrected chi connectivity index (χ0v) is 19.9. The molecule has 166 valence electrons. The molecule has 0 amide bonds. The van der Waals surface area contributed by atoms with Crippen molar-refractivity contribution in [2.45, 2.75) is 70.3 Å². The number of hydrogen-bond donors (Lipinski definition) is 1. The second kappa shape index (κ2) is 9.33. The molecule has 2 rings (SSSR count). The van der Waals surface area contributed by atoms with Crippen LogP contribution in [0.25, 0.3) is 4.85 Å². The zero-order valence-electron chi connectivity index (χ0n) is 19.1. The van der Waals surface area contributed by atoms with Gasteiger partial charge in [0, 0.05) is 6.42 Å². The molecule has 0 aliphatic carbocycles. The summed E-state index contributed by atoms with van der Waals surface area (Å²) < 4.78 is 25.8. The van der Waals surface area contributed by atoms with Crippen molar-refractivity contribution >= 4 is 21.3 Å². The van der Waals surface area contributed by atoms with E-state index in [-0.39, 0.29) is 23.2 Å². The predicted molar refractivity (Wildman–Crippen MR) is 123 cm³/mol. The number of nitrogens with zero attached hydrogens (tertiary/aromatic N) is 1. The zero-order chi connectivity index (χ0) is 23.6. The topological polar surface area (TPSA) is 75.8 Å². The molecular formula is C25H31NO4S. The highest BCUT2D eigenvalue weighted by atomic mass is 32.2. The molecule has 31 heavy (non-hydrogen) atoms. The number of aliphatic hydroxyl groups is 1. The number of sulfone groups is 1. The normalized spacial score (nSPS) is 12.3. The Kier molecular flexibility index (Phi) is 7.46. The fourth-order valence-corrected chi connectivity index (χ4v) is 4.90. The highest BCUT2D eigenvalue weighted by Crippen LogP contribution is 2.33. The van der Waals surface area contributed by atoms with Gasteiger partial charge in [-0.25, -0.2) is 13.3 Å². The van der Waals surface area contributed by atoms with Crippen molar-refractivity contribution in [2.24, 2.45) is 0 Å². The lowest BCUT2D eigenvalue weighted by atomic mass is 9.86. The Bertz CT molecular complexity index is 1090. The van der Waals surface area contributed by atoms with Crippen molar-refractivity contribution in [3.63, 3.8) is 0 Å². The summed E-state index contributed by atoms with van der Waals surface area (Å²) in [4.78, 5) is 16.5. The van der Waals surface area contributed by atoms with Gasteiger partial charge in [0.15, 0.2) is 21.3 Å². The van der Waals surface area contributed by atoms with Gasteiger partial charge < -0.3 is 5.11 Å². The monoisotopic (exact) mass is 441 g/mol. The molecule has 1 N–H and O–H groups in total. The minimum Gasteiger partial charge on any atom is -0.386 e. The number of Topliss-reactive ketones (excluding diaryl/α,β-unsaturated/α-hetero) is 1. The summed E-state index contributed by atoms with van der Waals surface area (Å²) in [5.41, 5.74) is 2.46. The second-order valence-electron chi connectivity index (χ2n) is 9.09. The molecule has 0 aliphatic rings. The van der Waals surface area contributed by atoms with Gasteiger partial charge in [-0.3, -0.25) is 4.79 Å². The van der Waals surface area contributed by atoms with E-state index in [0.717, 1.165) is 16.7 Å². The van der Waals surface area contributed by atoms with Crippen molar-refractivity contribution in [3.05, 3.63) is 70.1 Å². The minimum absolute atomic E-state index is 0.00369. The number of ketones is 1.